The minimum absolute atomic E-state index is 0.0151. The van der Waals surface area contributed by atoms with Crippen LogP contribution in [0.5, 0.6) is 0 Å². The van der Waals surface area contributed by atoms with Crippen LogP contribution in [0, 0.1) is 5.82 Å². The second kappa shape index (κ2) is 8.21. The Kier molecular flexibility index (Phi) is 5.88. The molecule has 0 radical (unpaired) electrons. The lowest BCUT2D eigenvalue weighted by atomic mass is 10.0. The number of hydrogen-bond donors (Lipinski definition) is 1. The molecule has 0 bridgehead atoms. The number of aryl methyl sites for hydroxylation is 1. The highest BCUT2D eigenvalue weighted by Gasteiger charge is 2.26. The van der Waals surface area contributed by atoms with E-state index >= 15 is 0 Å². The van der Waals surface area contributed by atoms with Crippen molar-refractivity contribution in [1.82, 2.24) is 15.1 Å². The Bertz CT molecular complexity index is 1080. The molecule has 29 heavy (non-hydrogen) atoms. The van der Waals surface area contributed by atoms with Crippen LogP contribution in [0.3, 0.4) is 0 Å². The maximum Gasteiger partial charge on any atom is 0.320 e. The highest BCUT2D eigenvalue weighted by Crippen LogP contribution is 2.27. The Labute approximate surface area is 172 Å². The van der Waals surface area contributed by atoms with Crippen LogP contribution in [0.25, 0.3) is 22.0 Å². The first-order chi connectivity index (χ1) is 13.7. The van der Waals surface area contributed by atoms with Gasteiger partial charge >= 0.3 is 5.97 Å². The number of halogens is 2. The van der Waals surface area contributed by atoms with E-state index in [-0.39, 0.29) is 29.9 Å². The molecule has 0 unspecified atom stereocenters. The lowest BCUT2D eigenvalue weighted by Crippen LogP contribution is -2.47. The summed E-state index contributed by atoms with van der Waals surface area (Å²) >= 11 is 5.42. The topological polar surface area (TPSA) is 73.2 Å². The predicted molar refractivity (Wildman–Crippen MR) is 109 cm³/mol. The fourth-order valence-corrected chi connectivity index (χ4v) is 3.05. The van der Waals surface area contributed by atoms with Crippen LogP contribution in [0.1, 0.15) is 24.3 Å². The number of hydrogen-bond acceptors (Lipinski definition) is 4. The van der Waals surface area contributed by atoms with E-state index in [0.717, 1.165) is 16.6 Å². The number of nitrogens with zero attached hydrogens (tertiary/aromatic N) is 2. The molecule has 152 valence electrons. The summed E-state index contributed by atoms with van der Waals surface area (Å²) in [5, 5.41) is 7.83. The van der Waals surface area contributed by atoms with Crippen LogP contribution in [0.15, 0.2) is 42.5 Å². The van der Waals surface area contributed by atoms with Crippen LogP contribution in [-0.4, -0.2) is 39.7 Å². The lowest BCUT2D eigenvalue weighted by molar-refractivity contribution is -0.142. The van der Waals surface area contributed by atoms with E-state index in [9.17, 15) is 14.0 Å². The molecule has 0 atom stereocenters. The number of benzene rings is 2. The largest absolute Gasteiger partial charge is 0.462 e. The smallest absolute Gasteiger partial charge is 0.320 e. The Morgan fingerprint density at radius 2 is 1.93 bits per heavy atom. The third-order valence-corrected chi connectivity index (χ3v) is 4.60. The third kappa shape index (κ3) is 4.74. The molecule has 1 heterocycles. The van der Waals surface area contributed by atoms with E-state index < -0.39 is 11.5 Å². The van der Waals surface area contributed by atoms with E-state index in [1.54, 1.807) is 37.7 Å². The number of amides is 1. The van der Waals surface area contributed by atoms with Gasteiger partial charge in [0, 0.05) is 12.4 Å². The van der Waals surface area contributed by atoms with E-state index in [2.05, 4.69) is 10.4 Å². The van der Waals surface area contributed by atoms with Gasteiger partial charge in [-0.1, -0.05) is 18.2 Å². The van der Waals surface area contributed by atoms with Gasteiger partial charge in [-0.3, -0.25) is 14.3 Å². The number of esters is 1. The van der Waals surface area contributed by atoms with E-state index in [1.165, 1.54) is 12.1 Å². The van der Waals surface area contributed by atoms with Gasteiger partial charge in [0.15, 0.2) is 5.69 Å². The normalized spacial score (nSPS) is 11.5. The van der Waals surface area contributed by atoms with Gasteiger partial charge in [-0.15, -0.1) is 11.6 Å². The summed E-state index contributed by atoms with van der Waals surface area (Å²) in [5.74, 6) is -1.50. The molecule has 6 nitrogen and oxygen atoms in total. The molecule has 0 aliphatic carbocycles. The number of nitrogens with one attached hydrogen (secondary N) is 1. The maximum atomic E-state index is 13.5. The number of carbonyl (C=O) groups excluding carboxylic acids is 2. The first-order valence-corrected chi connectivity index (χ1v) is 9.50. The van der Waals surface area contributed by atoms with Gasteiger partial charge in [0.25, 0.3) is 5.91 Å². The van der Waals surface area contributed by atoms with Crippen molar-refractivity contribution in [1.29, 1.82) is 0 Å². The number of rotatable bonds is 6. The zero-order valence-electron chi connectivity index (χ0n) is 16.3. The number of aromatic nitrogens is 2. The molecule has 0 aliphatic rings. The average Bonchev–Trinajstić information content (AvgIpc) is 3.02. The third-order valence-electron chi connectivity index (χ3n) is 4.38. The number of ether oxygens (including phenoxy) is 1. The zero-order valence-corrected chi connectivity index (χ0v) is 17.1. The van der Waals surface area contributed by atoms with Crippen molar-refractivity contribution in [2.24, 2.45) is 7.05 Å². The van der Waals surface area contributed by atoms with Crippen LogP contribution in [0.2, 0.25) is 0 Å². The van der Waals surface area contributed by atoms with Gasteiger partial charge < -0.3 is 10.1 Å². The van der Waals surface area contributed by atoms with Gasteiger partial charge in [-0.05, 0) is 49.2 Å². The standard InChI is InChI=1S/C21H21ClFN3O3/c1-21(2,12-29-18(27)11-22)24-20(28)19-16-8-7-14(10-17(16)26(3)25-19)13-5-4-6-15(23)9-13/h4-10H,11-12H2,1-3H3,(H,24,28). The van der Waals surface area contributed by atoms with Crippen molar-refractivity contribution in [3.8, 4) is 11.1 Å². The minimum atomic E-state index is -0.801. The Morgan fingerprint density at radius 1 is 1.21 bits per heavy atom. The SMILES string of the molecule is Cn1nc(C(=O)NC(C)(C)COC(=O)CCl)c2ccc(-c3cccc(F)c3)cc21. The zero-order chi connectivity index (χ0) is 21.2. The molecule has 2 aromatic carbocycles. The Hall–Kier alpha value is -2.93. The molecule has 0 fully saturated rings. The molecule has 8 heteroatoms. The van der Waals surface area contributed by atoms with Crippen molar-refractivity contribution in [2.75, 3.05) is 12.5 Å². The summed E-state index contributed by atoms with van der Waals surface area (Å²) < 4.78 is 20.2. The fourth-order valence-electron chi connectivity index (χ4n) is 2.97. The van der Waals surface area contributed by atoms with Crippen molar-refractivity contribution < 1.29 is 18.7 Å². The summed E-state index contributed by atoms with van der Waals surface area (Å²) in [7, 11) is 1.74. The van der Waals surface area contributed by atoms with Crippen molar-refractivity contribution >= 4 is 34.4 Å². The second-order valence-corrected chi connectivity index (χ2v) is 7.61. The summed E-state index contributed by atoms with van der Waals surface area (Å²) in [6, 6.07) is 11.8. The highest BCUT2D eigenvalue weighted by atomic mass is 35.5. The van der Waals surface area contributed by atoms with Gasteiger partial charge in [0.2, 0.25) is 0 Å². The summed E-state index contributed by atoms with van der Waals surface area (Å²) in [5.41, 5.74) is 1.75. The molecular weight excluding hydrogens is 397 g/mol. The molecule has 3 aromatic rings. The Balaban J connectivity index is 1.87. The molecule has 0 spiro atoms. The van der Waals surface area contributed by atoms with Crippen LogP contribution < -0.4 is 5.32 Å². The monoisotopic (exact) mass is 417 g/mol. The van der Waals surface area contributed by atoms with Gasteiger partial charge in [0.1, 0.15) is 18.3 Å². The number of carbonyl (C=O) groups is 2. The van der Waals surface area contributed by atoms with Crippen LogP contribution >= 0.6 is 11.6 Å². The van der Waals surface area contributed by atoms with Gasteiger partial charge in [-0.2, -0.15) is 5.10 Å². The number of alkyl halides is 1. The molecule has 0 saturated carbocycles. The van der Waals surface area contributed by atoms with E-state index in [0.29, 0.717) is 5.39 Å². The maximum absolute atomic E-state index is 13.5. The fraction of sp³-hybridized carbons (Fsp3) is 0.286. The van der Waals surface area contributed by atoms with Crippen molar-refractivity contribution in [3.05, 3.63) is 54.0 Å². The van der Waals surface area contributed by atoms with E-state index in [4.69, 9.17) is 16.3 Å². The molecule has 1 N–H and O–H groups in total. The van der Waals surface area contributed by atoms with Crippen molar-refractivity contribution in [2.45, 2.75) is 19.4 Å². The summed E-state index contributed by atoms with van der Waals surface area (Å²) in [4.78, 5) is 24.1. The Morgan fingerprint density at radius 3 is 2.62 bits per heavy atom. The number of fused-ring (bicyclic) bond motifs is 1. The molecule has 0 saturated heterocycles. The highest BCUT2D eigenvalue weighted by molar-refractivity contribution is 6.26. The first-order valence-electron chi connectivity index (χ1n) is 8.97. The lowest BCUT2D eigenvalue weighted by Gasteiger charge is -2.25. The molecule has 1 amide bonds. The molecular formula is C21H21ClFN3O3. The average molecular weight is 418 g/mol. The van der Waals surface area contributed by atoms with E-state index in [1.807, 2.05) is 18.2 Å². The predicted octanol–water partition coefficient (Wildman–Crippen LogP) is 3.67. The minimum Gasteiger partial charge on any atom is -0.462 e. The van der Waals surface area contributed by atoms with Crippen LogP contribution in [-0.2, 0) is 16.6 Å². The second-order valence-electron chi connectivity index (χ2n) is 7.35. The van der Waals surface area contributed by atoms with Gasteiger partial charge in [-0.25, -0.2) is 4.39 Å². The summed E-state index contributed by atoms with van der Waals surface area (Å²) in [6.07, 6.45) is 0. The summed E-state index contributed by atoms with van der Waals surface area (Å²) in [6.45, 7) is 3.46. The molecule has 0 aliphatic heterocycles. The van der Waals surface area contributed by atoms with Gasteiger partial charge in [0.05, 0.1) is 11.1 Å². The molecule has 3 rings (SSSR count). The quantitative estimate of drug-likeness (QED) is 0.490. The first kappa shape index (κ1) is 20.8. The van der Waals surface area contributed by atoms with Crippen LogP contribution in [0.4, 0.5) is 4.39 Å². The molecule has 1 aromatic heterocycles. The van der Waals surface area contributed by atoms with Crippen molar-refractivity contribution in [3.63, 3.8) is 0 Å².